The van der Waals surface area contributed by atoms with Crippen LogP contribution in [0.25, 0.3) is 0 Å². The summed E-state index contributed by atoms with van der Waals surface area (Å²) in [5.41, 5.74) is 0. The standard InChI is InChI=1S/C14H25N3S/c1-4-13(14-6-5-9-18-14)15-10-12-11-16(2)7-8-17(12)3/h5-6,9,12-13,15H,4,7-8,10-11H2,1-3H3. The molecule has 1 fully saturated rings. The zero-order chi connectivity index (χ0) is 13.0. The molecule has 0 aromatic carbocycles. The van der Waals surface area contributed by atoms with Gasteiger partial charge in [0.05, 0.1) is 0 Å². The van der Waals surface area contributed by atoms with E-state index >= 15 is 0 Å². The van der Waals surface area contributed by atoms with Gasteiger partial charge in [-0.05, 0) is 32.0 Å². The minimum atomic E-state index is 0.519. The van der Waals surface area contributed by atoms with E-state index in [0.29, 0.717) is 12.1 Å². The van der Waals surface area contributed by atoms with Gasteiger partial charge in [0.25, 0.3) is 0 Å². The molecule has 2 atom stereocenters. The van der Waals surface area contributed by atoms with Gasteiger partial charge in [-0.15, -0.1) is 11.3 Å². The molecule has 0 amide bonds. The summed E-state index contributed by atoms with van der Waals surface area (Å²) >= 11 is 1.86. The lowest BCUT2D eigenvalue weighted by Gasteiger charge is -2.38. The molecular weight excluding hydrogens is 242 g/mol. The van der Waals surface area contributed by atoms with Crippen LogP contribution in [0.1, 0.15) is 24.3 Å². The summed E-state index contributed by atoms with van der Waals surface area (Å²) in [5.74, 6) is 0. The number of hydrogen-bond donors (Lipinski definition) is 1. The van der Waals surface area contributed by atoms with Crippen LogP contribution in [0.2, 0.25) is 0 Å². The number of piperazine rings is 1. The summed E-state index contributed by atoms with van der Waals surface area (Å²) in [4.78, 5) is 6.37. The first kappa shape index (κ1) is 14.0. The Hall–Kier alpha value is -0.420. The van der Waals surface area contributed by atoms with Crippen molar-refractivity contribution in [1.82, 2.24) is 15.1 Å². The summed E-state index contributed by atoms with van der Waals surface area (Å²) in [5, 5.41) is 5.90. The van der Waals surface area contributed by atoms with Crippen molar-refractivity contribution in [3.05, 3.63) is 22.4 Å². The fourth-order valence-electron chi connectivity index (χ4n) is 2.54. The Labute approximate surface area is 115 Å². The quantitative estimate of drug-likeness (QED) is 0.881. The van der Waals surface area contributed by atoms with E-state index in [1.165, 1.54) is 24.5 Å². The third kappa shape index (κ3) is 3.54. The van der Waals surface area contributed by atoms with Crippen molar-refractivity contribution < 1.29 is 0 Å². The highest BCUT2D eigenvalue weighted by atomic mass is 32.1. The number of rotatable bonds is 5. The predicted octanol–water partition coefficient (Wildman–Crippen LogP) is 2.03. The molecule has 1 N–H and O–H groups in total. The smallest absolute Gasteiger partial charge is 0.0412 e. The number of nitrogens with zero attached hydrogens (tertiary/aromatic N) is 2. The highest BCUT2D eigenvalue weighted by molar-refractivity contribution is 7.10. The van der Waals surface area contributed by atoms with E-state index in [2.05, 4.69) is 53.6 Å². The minimum Gasteiger partial charge on any atom is -0.308 e. The van der Waals surface area contributed by atoms with E-state index in [4.69, 9.17) is 0 Å². The molecule has 2 rings (SSSR count). The van der Waals surface area contributed by atoms with Crippen LogP contribution in [0.15, 0.2) is 17.5 Å². The number of likely N-dealkylation sites (N-methyl/N-ethyl adjacent to an activating group) is 2. The van der Waals surface area contributed by atoms with Crippen LogP contribution in [-0.4, -0.2) is 56.1 Å². The third-order valence-corrected chi connectivity index (χ3v) is 4.86. The highest BCUT2D eigenvalue weighted by Gasteiger charge is 2.22. The molecular formula is C14H25N3S. The molecule has 0 saturated carbocycles. The van der Waals surface area contributed by atoms with Gasteiger partial charge < -0.3 is 10.2 Å². The monoisotopic (exact) mass is 267 g/mol. The SMILES string of the molecule is CCC(NCC1CN(C)CCN1C)c1cccs1. The van der Waals surface area contributed by atoms with Gasteiger partial charge in [-0.3, -0.25) is 4.90 Å². The lowest BCUT2D eigenvalue weighted by molar-refractivity contribution is 0.111. The Kier molecular flexibility index (Phi) is 5.18. The molecule has 18 heavy (non-hydrogen) atoms. The van der Waals surface area contributed by atoms with Crippen LogP contribution < -0.4 is 5.32 Å². The molecule has 2 heterocycles. The van der Waals surface area contributed by atoms with E-state index in [1.807, 2.05) is 11.3 Å². The normalized spacial score (nSPS) is 24.3. The van der Waals surface area contributed by atoms with Crippen LogP contribution in [0, 0.1) is 0 Å². The van der Waals surface area contributed by atoms with Crippen molar-refractivity contribution in [1.29, 1.82) is 0 Å². The van der Waals surface area contributed by atoms with Gasteiger partial charge in [-0.2, -0.15) is 0 Å². The van der Waals surface area contributed by atoms with Gasteiger partial charge >= 0.3 is 0 Å². The van der Waals surface area contributed by atoms with E-state index < -0.39 is 0 Å². The predicted molar refractivity (Wildman–Crippen MR) is 79.3 cm³/mol. The van der Waals surface area contributed by atoms with Gasteiger partial charge in [0.15, 0.2) is 0 Å². The average Bonchev–Trinajstić information content (AvgIpc) is 2.88. The van der Waals surface area contributed by atoms with E-state index in [9.17, 15) is 0 Å². The van der Waals surface area contributed by atoms with Crippen LogP contribution in [0.3, 0.4) is 0 Å². The first-order chi connectivity index (χ1) is 8.70. The van der Waals surface area contributed by atoms with Gasteiger partial charge in [0, 0.05) is 43.1 Å². The summed E-state index contributed by atoms with van der Waals surface area (Å²) in [6, 6.07) is 5.54. The Balaban J connectivity index is 1.85. The van der Waals surface area contributed by atoms with Crippen molar-refractivity contribution in [2.75, 3.05) is 40.3 Å². The fourth-order valence-corrected chi connectivity index (χ4v) is 3.42. The Morgan fingerprint density at radius 2 is 2.28 bits per heavy atom. The molecule has 1 aliphatic rings. The molecule has 1 aromatic heterocycles. The maximum Gasteiger partial charge on any atom is 0.0412 e. The highest BCUT2D eigenvalue weighted by Crippen LogP contribution is 2.21. The molecule has 0 aliphatic carbocycles. The first-order valence-electron chi connectivity index (χ1n) is 6.86. The van der Waals surface area contributed by atoms with E-state index in [-0.39, 0.29) is 0 Å². The van der Waals surface area contributed by atoms with Crippen molar-refractivity contribution in [3.8, 4) is 0 Å². The third-order valence-electron chi connectivity index (χ3n) is 3.87. The number of nitrogens with one attached hydrogen (secondary N) is 1. The van der Waals surface area contributed by atoms with Crippen molar-refractivity contribution in [3.63, 3.8) is 0 Å². The summed E-state index contributed by atoms with van der Waals surface area (Å²) in [7, 11) is 4.46. The van der Waals surface area contributed by atoms with Crippen molar-refractivity contribution in [2.24, 2.45) is 0 Å². The van der Waals surface area contributed by atoms with Crippen LogP contribution in [0.5, 0.6) is 0 Å². The second-order valence-electron chi connectivity index (χ2n) is 5.28. The summed E-state index contributed by atoms with van der Waals surface area (Å²) < 4.78 is 0. The van der Waals surface area contributed by atoms with Crippen LogP contribution in [0.4, 0.5) is 0 Å². The average molecular weight is 267 g/mol. The van der Waals surface area contributed by atoms with E-state index in [0.717, 1.165) is 13.0 Å². The molecule has 0 radical (unpaired) electrons. The number of thiophene rings is 1. The van der Waals surface area contributed by atoms with Gasteiger partial charge in [-0.25, -0.2) is 0 Å². The topological polar surface area (TPSA) is 18.5 Å². The molecule has 0 bridgehead atoms. The lowest BCUT2D eigenvalue weighted by atomic mass is 10.1. The molecule has 1 aromatic rings. The molecule has 102 valence electrons. The van der Waals surface area contributed by atoms with E-state index in [1.54, 1.807) is 0 Å². The second kappa shape index (κ2) is 6.66. The van der Waals surface area contributed by atoms with Crippen molar-refractivity contribution in [2.45, 2.75) is 25.4 Å². The Morgan fingerprint density at radius 1 is 1.44 bits per heavy atom. The largest absolute Gasteiger partial charge is 0.308 e. The molecule has 1 aliphatic heterocycles. The Morgan fingerprint density at radius 3 is 2.94 bits per heavy atom. The minimum absolute atomic E-state index is 0.519. The summed E-state index contributed by atoms with van der Waals surface area (Å²) in [6.07, 6.45) is 1.16. The van der Waals surface area contributed by atoms with Crippen LogP contribution in [-0.2, 0) is 0 Å². The first-order valence-corrected chi connectivity index (χ1v) is 7.74. The molecule has 3 nitrogen and oxygen atoms in total. The van der Waals surface area contributed by atoms with Gasteiger partial charge in [0.1, 0.15) is 0 Å². The van der Waals surface area contributed by atoms with Crippen LogP contribution >= 0.6 is 11.3 Å². The fraction of sp³-hybridized carbons (Fsp3) is 0.714. The Bertz CT molecular complexity index is 339. The number of hydrogen-bond acceptors (Lipinski definition) is 4. The van der Waals surface area contributed by atoms with Crippen molar-refractivity contribution >= 4 is 11.3 Å². The zero-order valence-electron chi connectivity index (χ0n) is 11.7. The molecule has 1 saturated heterocycles. The maximum absolute atomic E-state index is 3.73. The summed E-state index contributed by atoms with van der Waals surface area (Å²) in [6.45, 7) is 6.88. The molecule has 2 unspecified atom stereocenters. The maximum atomic E-state index is 3.73. The lowest BCUT2D eigenvalue weighted by Crippen LogP contribution is -2.54. The molecule has 4 heteroatoms. The molecule has 0 spiro atoms. The second-order valence-corrected chi connectivity index (χ2v) is 6.26. The zero-order valence-corrected chi connectivity index (χ0v) is 12.5. The van der Waals surface area contributed by atoms with Gasteiger partial charge in [-0.1, -0.05) is 13.0 Å². The van der Waals surface area contributed by atoms with Gasteiger partial charge in [0.2, 0.25) is 0 Å².